The third-order valence-electron chi connectivity index (χ3n) is 5.58. The Labute approximate surface area is 177 Å². The standard InChI is InChI=1S/C24H28N4O2/c1-24(2,27-13-15-30-16-14-27)18-25-23(29)21-17-28(20-11-7-4-8-12-20)26-22(21)19-9-5-3-6-10-19/h3-12,17H,13-16,18H2,1-2H3,(H,25,29). The number of nitrogens with one attached hydrogen (secondary N) is 1. The molecule has 0 aliphatic carbocycles. The van der Waals surface area contributed by atoms with Gasteiger partial charge >= 0.3 is 0 Å². The molecule has 1 N–H and O–H groups in total. The summed E-state index contributed by atoms with van der Waals surface area (Å²) < 4.78 is 7.23. The normalized spacial score (nSPS) is 15.1. The lowest BCUT2D eigenvalue weighted by molar-refractivity contribution is -0.00923. The predicted molar refractivity (Wildman–Crippen MR) is 118 cm³/mol. The molecule has 0 saturated carbocycles. The van der Waals surface area contributed by atoms with Crippen LogP contribution in [0.1, 0.15) is 24.2 Å². The molecule has 0 bridgehead atoms. The second-order valence-electron chi connectivity index (χ2n) is 8.13. The zero-order chi connectivity index (χ0) is 21.0. The molecule has 2 heterocycles. The molecule has 1 aliphatic rings. The SMILES string of the molecule is CC(C)(CNC(=O)c1cn(-c2ccccc2)nc1-c1ccccc1)N1CCOCC1. The van der Waals surface area contributed by atoms with Gasteiger partial charge in [0.15, 0.2) is 0 Å². The third-order valence-corrected chi connectivity index (χ3v) is 5.58. The van der Waals surface area contributed by atoms with Crippen LogP contribution in [0.2, 0.25) is 0 Å². The van der Waals surface area contributed by atoms with Gasteiger partial charge in [0.05, 0.1) is 24.5 Å². The van der Waals surface area contributed by atoms with Gasteiger partial charge in [-0.25, -0.2) is 4.68 Å². The topological polar surface area (TPSA) is 59.4 Å². The van der Waals surface area contributed by atoms with Crippen molar-refractivity contribution in [2.45, 2.75) is 19.4 Å². The Bertz CT molecular complexity index is 977. The van der Waals surface area contributed by atoms with Gasteiger partial charge in [0.1, 0.15) is 5.69 Å². The number of hydrogen-bond acceptors (Lipinski definition) is 4. The maximum atomic E-state index is 13.2. The van der Waals surface area contributed by atoms with Gasteiger partial charge in [0.25, 0.3) is 5.91 Å². The number of rotatable bonds is 6. The van der Waals surface area contributed by atoms with Crippen LogP contribution in [0.25, 0.3) is 16.9 Å². The molecular formula is C24H28N4O2. The van der Waals surface area contributed by atoms with Crippen molar-refractivity contribution in [3.05, 3.63) is 72.4 Å². The van der Waals surface area contributed by atoms with Gasteiger partial charge in [-0.2, -0.15) is 5.10 Å². The number of nitrogens with zero attached hydrogens (tertiary/aromatic N) is 3. The molecule has 2 aromatic carbocycles. The Hall–Kier alpha value is -2.96. The molecule has 1 aliphatic heterocycles. The predicted octanol–water partition coefficient (Wildman–Crippen LogP) is 3.38. The molecule has 1 aromatic heterocycles. The average Bonchev–Trinajstić information content (AvgIpc) is 3.25. The van der Waals surface area contributed by atoms with Gasteiger partial charge in [0.2, 0.25) is 0 Å². The van der Waals surface area contributed by atoms with E-state index in [0.717, 1.165) is 37.6 Å². The Morgan fingerprint density at radius 2 is 1.67 bits per heavy atom. The summed E-state index contributed by atoms with van der Waals surface area (Å²) in [4.78, 5) is 15.6. The number of carbonyl (C=O) groups excluding carboxylic acids is 1. The van der Waals surface area contributed by atoms with Crippen LogP contribution >= 0.6 is 0 Å². The second kappa shape index (κ2) is 8.81. The summed E-state index contributed by atoms with van der Waals surface area (Å²) in [5.74, 6) is -0.114. The van der Waals surface area contributed by atoms with Crippen molar-refractivity contribution >= 4 is 5.91 Å². The Balaban J connectivity index is 1.58. The van der Waals surface area contributed by atoms with Crippen molar-refractivity contribution in [3.63, 3.8) is 0 Å². The van der Waals surface area contributed by atoms with Crippen molar-refractivity contribution in [3.8, 4) is 16.9 Å². The lowest BCUT2D eigenvalue weighted by Gasteiger charge is -2.40. The van der Waals surface area contributed by atoms with Crippen LogP contribution in [0.3, 0.4) is 0 Å². The van der Waals surface area contributed by atoms with Crippen LogP contribution in [0, 0.1) is 0 Å². The van der Waals surface area contributed by atoms with E-state index in [1.807, 2.05) is 66.9 Å². The first kappa shape index (κ1) is 20.3. The van der Waals surface area contributed by atoms with E-state index in [1.54, 1.807) is 4.68 Å². The number of para-hydroxylation sites is 1. The molecule has 3 aromatic rings. The minimum atomic E-state index is -0.151. The number of hydrogen-bond donors (Lipinski definition) is 1. The molecule has 1 fully saturated rings. The van der Waals surface area contributed by atoms with Crippen molar-refractivity contribution < 1.29 is 9.53 Å². The van der Waals surface area contributed by atoms with Gasteiger partial charge < -0.3 is 10.1 Å². The minimum Gasteiger partial charge on any atom is -0.379 e. The molecule has 1 saturated heterocycles. The fraction of sp³-hybridized carbons (Fsp3) is 0.333. The van der Waals surface area contributed by atoms with E-state index < -0.39 is 0 Å². The first-order valence-corrected chi connectivity index (χ1v) is 10.4. The Morgan fingerprint density at radius 3 is 2.33 bits per heavy atom. The van der Waals surface area contributed by atoms with Crippen LogP contribution in [-0.2, 0) is 4.74 Å². The molecule has 0 unspecified atom stereocenters. The van der Waals surface area contributed by atoms with Gasteiger partial charge in [0, 0.05) is 36.9 Å². The van der Waals surface area contributed by atoms with E-state index in [9.17, 15) is 4.79 Å². The second-order valence-corrected chi connectivity index (χ2v) is 8.13. The first-order valence-electron chi connectivity index (χ1n) is 10.4. The highest BCUT2D eigenvalue weighted by molar-refractivity contribution is 6.00. The summed E-state index contributed by atoms with van der Waals surface area (Å²) in [5, 5.41) is 7.87. The lowest BCUT2D eigenvalue weighted by Crippen LogP contribution is -2.55. The van der Waals surface area contributed by atoms with Crippen molar-refractivity contribution in [2.24, 2.45) is 0 Å². The zero-order valence-corrected chi connectivity index (χ0v) is 17.5. The fourth-order valence-electron chi connectivity index (χ4n) is 3.73. The smallest absolute Gasteiger partial charge is 0.255 e. The number of morpholine rings is 1. The minimum absolute atomic E-state index is 0.114. The van der Waals surface area contributed by atoms with Crippen molar-refractivity contribution in [2.75, 3.05) is 32.8 Å². The maximum Gasteiger partial charge on any atom is 0.255 e. The monoisotopic (exact) mass is 404 g/mol. The van der Waals surface area contributed by atoms with Gasteiger partial charge in [-0.3, -0.25) is 9.69 Å². The molecule has 6 heteroatoms. The highest BCUT2D eigenvalue weighted by Gasteiger charge is 2.29. The molecule has 30 heavy (non-hydrogen) atoms. The lowest BCUT2D eigenvalue weighted by atomic mass is 10.0. The molecule has 0 radical (unpaired) electrons. The first-order chi connectivity index (χ1) is 14.5. The summed E-state index contributed by atoms with van der Waals surface area (Å²) in [6.45, 7) is 8.09. The van der Waals surface area contributed by atoms with Crippen LogP contribution in [-0.4, -0.2) is 59.0 Å². The number of carbonyl (C=O) groups is 1. The summed E-state index contributed by atoms with van der Waals surface area (Å²) in [5.41, 5.74) is 2.94. The summed E-state index contributed by atoms with van der Waals surface area (Å²) >= 11 is 0. The molecule has 1 amide bonds. The number of benzene rings is 2. The van der Waals surface area contributed by atoms with Crippen molar-refractivity contribution in [1.29, 1.82) is 0 Å². The highest BCUT2D eigenvalue weighted by atomic mass is 16.5. The molecule has 0 spiro atoms. The van der Waals surface area contributed by atoms with Gasteiger partial charge in [-0.1, -0.05) is 48.5 Å². The van der Waals surface area contributed by atoms with E-state index in [2.05, 4.69) is 24.1 Å². The third kappa shape index (κ3) is 4.45. The largest absolute Gasteiger partial charge is 0.379 e. The summed E-state index contributed by atoms with van der Waals surface area (Å²) in [6, 6.07) is 19.7. The van der Waals surface area contributed by atoms with E-state index in [4.69, 9.17) is 9.84 Å². The maximum absolute atomic E-state index is 13.2. The van der Waals surface area contributed by atoms with Crippen LogP contribution in [0.4, 0.5) is 0 Å². The Morgan fingerprint density at radius 1 is 1.03 bits per heavy atom. The molecule has 6 nitrogen and oxygen atoms in total. The van der Waals surface area contributed by atoms with Gasteiger partial charge in [-0.15, -0.1) is 0 Å². The number of amides is 1. The highest BCUT2D eigenvalue weighted by Crippen LogP contribution is 2.24. The van der Waals surface area contributed by atoms with Crippen molar-refractivity contribution in [1.82, 2.24) is 20.0 Å². The molecule has 156 valence electrons. The number of ether oxygens (including phenoxy) is 1. The summed E-state index contributed by atoms with van der Waals surface area (Å²) in [7, 11) is 0. The van der Waals surface area contributed by atoms with Gasteiger partial charge in [-0.05, 0) is 26.0 Å². The quantitative estimate of drug-likeness (QED) is 0.684. The molecule has 4 rings (SSSR count). The van der Waals surface area contributed by atoms with Crippen LogP contribution < -0.4 is 5.32 Å². The fourth-order valence-corrected chi connectivity index (χ4v) is 3.73. The van der Waals surface area contributed by atoms with Crippen LogP contribution in [0.15, 0.2) is 66.9 Å². The number of aromatic nitrogens is 2. The van der Waals surface area contributed by atoms with Crippen LogP contribution in [0.5, 0.6) is 0 Å². The Kier molecular flexibility index (Phi) is 5.97. The summed E-state index contributed by atoms with van der Waals surface area (Å²) in [6.07, 6.45) is 1.81. The molecule has 0 atom stereocenters. The zero-order valence-electron chi connectivity index (χ0n) is 17.5. The van der Waals surface area contributed by atoms with E-state index in [-0.39, 0.29) is 11.4 Å². The van der Waals surface area contributed by atoms with E-state index >= 15 is 0 Å². The van der Waals surface area contributed by atoms with E-state index in [1.165, 1.54) is 0 Å². The average molecular weight is 405 g/mol. The molecular weight excluding hydrogens is 376 g/mol. The van der Waals surface area contributed by atoms with E-state index in [0.29, 0.717) is 17.8 Å².